The van der Waals surface area contributed by atoms with Gasteiger partial charge in [0.25, 0.3) is 0 Å². The Labute approximate surface area is 107 Å². The van der Waals surface area contributed by atoms with Gasteiger partial charge in [0.1, 0.15) is 11.6 Å². The molecule has 98 valence electrons. The molecule has 0 fully saturated rings. The van der Waals surface area contributed by atoms with Gasteiger partial charge in [-0.2, -0.15) is 0 Å². The summed E-state index contributed by atoms with van der Waals surface area (Å²) in [5.41, 5.74) is 2.59. The first-order chi connectivity index (χ1) is 8.60. The predicted molar refractivity (Wildman–Crippen MR) is 72.1 cm³/mol. The van der Waals surface area contributed by atoms with E-state index < -0.39 is 11.6 Å². The molecule has 1 rings (SSSR count). The van der Waals surface area contributed by atoms with Crippen LogP contribution in [0.1, 0.15) is 32.3 Å². The van der Waals surface area contributed by atoms with Crippen molar-refractivity contribution in [2.75, 3.05) is 7.05 Å². The lowest BCUT2D eigenvalue weighted by atomic mass is 10.0. The lowest BCUT2D eigenvalue weighted by Gasteiger charge is -2.06. The van der Waals surface area contributed by atoms with E-state index in [9.17, 15) is 8.78 Å². The molecule has 1 aromatic rings. The quantitative estimate of drug-likeness (QED) is 0.770. The lowest BCUT2D eigenvalue weighted by molar-refractivity contribution is 0.582. The third-order valence-corrected chi connectivity index (χ3v) is 2.80. The molecule has 0 unspecified atom stereocenters. The highest BCUT2D eigenvalue weighted by Gasteiger charge is 2.04. The zero-order valence-electron chi connectivity index (χ0n) is 11.1. The van der Waals surface area contributed by atoms with E-state index in [1.165, 1.54) is 12.1 Å². The van der Waals surface area contributed by atoms with Crippen LogP contribution in [0.15, 0.2) is 36.0 Å². The second kappa shape index (κ2) is 6.94. The lowest BCUT2D eigenvalue weighted by Crippen LogP contribution is -2.03. The van der Waals surface area contributed by atoms with Crippen LogP contribution >= 0.6 is 0 Å². The van der Waals surface area contributed by atoms with Crippen LogP contribution < -0.4 is 5.32 Å². The second-order valence-electron chi connectivity index (χ2n) is 4.00. The number of benzene rings is 1. The second-order valence-corrected chi connectivity index (χ2v) is 4.00. The first-order valence-corrected chi connectivity index (χ1v) is 6.14. The molecule has 0 saturated carbocycles. The Bertz CT molecular complexity index is 435. The van der Waals surface area contributed by atoms with Crippen LogP contribution in [-0.4, -0.2) is 7.05 Å². The van der Waals surface area contributed by atoms with Gasteiger partial charge in [-0.15, -0.1) is 0 Å². The van der Waals surface area contributed by atoms with Crippen molar-refractivity contribution in [3.05, 3.63) is 53.2 Å². The molecule has 1 nitrogen and oxygen atoms in total. The number of allylic oxidation sites excluding steroid dienone is 4. The third-order valence-electron chi connectivity index (χ3n) is 2.80. The van der Waals surface area contributed by atoms with Gasteiger partial charge in [-0.25, -0.2) is 8.78 Å². The van der Waals surface area contributed by atoms with Crippen molar-refractivity contribution in [2.45, 2.75) is 26.7 Å². The Morgan fingerprint density at radius 2 is 1.67 bits per heavy atom. The Balaban J connectivity index is 3.09. The summed E-state index contributed by atoms with van der Waals surface area (Å²) in [5.74, 6) is -1.09. The fourth-order valence-electron chi connectivity index (χ4n) is 1.74. The Morgan fingerprint density at radius 1 is 1.06 bits per heavy atom. The molecule has 1 aromatic carbocycles. The minimum absolute atomic E-state index is 0.544. The van der Waals surface area contributed by atoms with Gasteiger partial charge in [0.05, 0.1) is 0 Å². The number of halogens is 2. The van der Waals surface area contributed by atoms with Gasteiger partial charge in [-0.05, 0) is 42.2 Å². The normalized spacial score (nSPS) is 12.7. The summed E-state index contributed by atoms with van der Waals surface area (Å²) in [4.78, 5) is 0. The van der Waals surface area contributed by atoms with Gasteiger partial charge in [-0.1, -0.05) is 19.9 Å². The Morgan fingerprint density at radius 3 is 2.11 bits per heavy atom. The Hall–Kier alpha value is -1.64. The van der Waals surface area contributed by atoms with E-state index >= 15 is 0 Å². The van der Waals surface area contributed by atoms with Gasteiger partial charge in [-0.3, -0.25) is 0 Å². The summed E-state index contributed by atoms with van der Waals surface area (Å²) < 4.78 is 26.3. The third kappa shape index (κ3) is 3.99. The maximum Gasteiger partial charge on any atom is 0.126 e. The van der Waals surface area contributed by atoms with Crippen molar-refractivity contribution in [1.29, 1.82) is 0 Å². The molecule has 0 aliphatic rings. The number of rotatable bonds is 5. The van der Waals surface area contributed by atoms with Gasteiger partial charge in [0.2, 0.25) is 0 Å². The molecule has 0 bridgehead atoms. The summed E-state index contributed by atoms with van der Waals surface area (Å²) in [5, 5.41) is 3.07. The van der Waals surface area contributed by atoms with Crippen molar-refractivity contribution in [1.82, 2.24) is 5.32 Å². The van der Waals surface area contributed by atoms with Crippen LogP contribution in [0.3, 0.4) is 0 Å². The van der Waals surface area contributed by atoms with Crippen LogP contribution in [-0.2, 0) is 0 Å². The molecular weight excluding hydrogens is 232 g/mol. The molecule has 0 saturated heterocycles. The zero-order valence-corrected chi connectivity index (χ0v) is 11.1. The molecule has 0 radical (unpaired) electrons. The van der Waals surface area contributed by atoms with E-state index in [-0.39, 0.29) is 0 Å². The molecule has 3 heteroatoms. The summed E-state index contributed by atoms with van der Waals surface area (Å²) in [6, 6.07) is 3.60. The van der Waals surface area contributed by atoms with Gasteiger partial charge in [0, 0.05) is 18.8 Å². The van der Waals surface area contributed by atoms with Crippen molar-refractivity contribution in [3.8, 4) is 0 Å². The standard InChI is InChI=1S/C15H19F2N/c1-4-11(6-7-15(5-2)18-3)12-8-13(16)10-14(17)9-12/h6-10,18H,4-5H2,1-3H3/b11-6+,15-7+. The molecule has 0 spiro atoms. The number of hydrogen-bond acceptors (Lipinski definition) is 1. The van der Waals surface area contributed by atoms with Crippen LogP contribution in [0, 0.1) is 11.6 Å². The molecule has 0 aliphatic carbocycles. The first kappa shape index (κ1) is 14.4. The minimum Gasteiger partial charge on any atom is -0.391 e. The molecule has 0 heterocycles. The number of nitrogens with one attached hydrogen (secondary N) is 1. The molecule has 1 N–H and O–H groups in total. The fraction of sp³-hybridized carbons (Fsp3) is 0.333. The van der Waals surface area contributed by atoms with E-state index in [1.807, 2.05) is 33.0 Å². The fourth-order valence-corrected chi connectivity index (χ4v) is 1.74. The highest BCUT2D eigenvalue weighted by Crippen LogP contribution is 2.20. The van der Waals surface area contributed by atoms with Crippen molar-refractivity contribution >= 4 is 5.57 Å². The highest BCUT2D eigenvalue weighted by atomic mass is 19.1. The van der Waals surface area contributed by atoms with Crippen LogP contribution in [0.4, 0.5) is 8.78 Å². The van der Waals surface area contributed by atoms with Crippen molar-refractivity contribution < 1.29 is 8.78 Å². The van der Waals surface area contributed by atoms with Gasteiger partial charge in [0.15, 0.2) is 0 Å². The van der Waals surface area contributed by atoms with Crippen molar-refractivity contribution in [2.24, 2.45) is 0 Å². The Kier molecular flexibility index (Phi) is 5.56. The van der Waals surface area contributed by atoms with E-state index in [2.05, 4.69) is 5.32 Å². The topological polar surface area (TPSA) is 12.0 Å². The van der Waals surface area contributed by atoms with E-state index in [1.54, 1.807) is 0 Å². The maximum absolute atomic E-state index is 13.2. The molecule has 0 aliphatic heterocycles. The predicted octanol–water partition coefficient (Wildman–Crippen LogP) is 4.27. The van der Waals surface area contributed by atoms with E-state index in [0.29, 0.717) is 5.56 Å². The molecular formula is C15H19F2N. The van der Waals surface area contributed by atoms with Crippen LogP contribution in [0.5, 0.6) is 0 Å². The summed E-state index contributed by atoms with van der Waals surface area (Å²) >= 11 is 0. The summed E-state index contributed by atoms with van der Waals surface area (Å²) in [6.07, 6.45) is 5.47. The molecule has 0 aromatic heterocycles. The molecule has 18 heavy (non-hydrogen) atoms. The largest absolute Gasteiger partial charge is 0.391 e. The number of hydrogen-bond donors (Lipinski definition) is 1. The summed E-state index contributed by atoms with van der Waals surface area (Å²) in [7, 11) is 1.86. The monoisotopic (exact) mass is 251 g/mol. The maximum atomic E-state index is 13.2. The average molecular weight is 251 g/mol. The molecule has 0 atom stereocenters. The summed E-state index contributed by atoms with van der Waals surface area (Å²) in [6.45, 7) is 4.01. The average Bonchev–Trinajstić information content (AvgIpc) is 2.33. The van der Waals surface area contributed by atoms with Gasteiger partial charge >= 0.3 is 0 Å². The highest BCUT2D eigenvalue weighted by molar-refractivity contribution is 5.67. The van der Waals surface area contributed by atoms with Crippen LogP contribution in [0.2, 0.25) is 0 Å². The van der Waals surface area contributed by atoms with Crippen LogP contribution in [0.25, 0.3) is 5.57 Å². The van der Waals surface area contributed by atoms with Crippen molar-refractivity contribution in [3.63, 3.8) is 0 Å². The SMILES string of the molecule is CC/C(=C\C=C(/CC)c1cc(F)cc(F)c1)NC. The van der Waals surface area contributed by atoms with E-state index in [0.717, 1.165) is 30.2 Å². The van der Waals surface area contributed by atoms with Gasteiger partial charge < -0.3 is 5.32 Å². The van der Waals surface area contributed by atoms with E-state index in [4.69, 9.17) is 0 Å². The molecule has 0 amide bonds. The zero-order chi connectivity index (χ0) is 13.5. The first-order valence-electron chi connectivity index (χ1n) is 6.14. The smallest absolute Gasteiger partial charge is 0.126 e. The minimum atomic E-state index is -0.544.